The highest BCUT2D eigenvalue weighted by Crippen LogP contribution is 2.14. The molecule has 5 heteroatoms. The van der Waals surface area contributed by atoms with Gasteiger partial charge < -0.3 is 5.73 Å². The van der Waals surface area contributed by atoms with E-state index in [1.165, 1.54) is 0 Å². The summed E-state index contributed by atoms with van der Waals surface area (Å²) in [5, 5.41) is 0. The molecule has 0 fully saturated rings. The van der Waals surface area contributed by atoms with Gasteiger partial charge in [0.1, 0.15) is 0 Å². The van der Waals surface area contributed by atoms with E-state index in [1.807, 2.05) is 12.1 Å². The zero-order valence-corrected chi connectivity index (χ0v) is 14.1. The van der Waals surface area contributed by atoms with Crippen molar-refractivity contribution in [3.05, 3.63) is 29.8 Å². The Labute approximate surface area is 129 Å². The summed E-state index contributed by atoms with van der Waals surface area (Å²) in [6, 6.07) is 6.93. The molecule has 3 N–H and O–H groups in total. The van der Waals surface area contributed by atoms with Gasteiger partial charge in [0, 0.05) is 12.6 Å². The Kier molecular flexibility index (Phi) is 7.35. The lowest BCUT2D eigenvalue weighted by atomic mass is 9.95. The van der Waals surface area contributed by atoms with Gasteiger partial charge in [-0.1, -0.05) is 52.2 Å². The molecule has 0 amide bonds. The molecule has 1 atom stereocenters. The van der Waals surface area contributed by atoms with E-state index in [1.54, 1.807) is 12.1 Å². The predicted molar refractivity (Wildman–Crippen MR) is 87.7 cm³/mol. The molecule has 0 heterocycles. The van der Waals surface area contributed by atoms with Crippen LogP contribution in [0.1, 0.15) is 45.6 Å². The van der Waals surface area contributed by atoms with Crippen LogP contribution in [-0.2, 0) is 16.4 Å². The number of hydrogen-bond acceptors (Lipinski definition) is 3. The van der Waals surface area contributed by atoms with Gasteiger partial charge in [0.15, 0.2) is 0 Å². The van der Waals surface area contributed by atoms with Gasteiger partial charge in [-0.25, -0.2) is 13.1 Å². The summed E-state index contributed by atoms with van der Waals surface area (Å²) in [7, 11) is -3.47. The van der Waals surface area contributed by atoms with Gasteiger partial charge in [0.05, 0.1) is 4.90 Å². The lowest BCUT2D eigenvalue weighted by molar-refractivity contribution is 0.392. The maximum Gasteiger partial charge on any atom is 0.240 e. The molecule has 0 aliphatic rings. The Bertz CT molecular complexity index is 508. The first-order chi connectivity index (χ1) is 9.94. The van der Waals surface area contributed by atoms with Crippen LogP contribution in [0.15, 0.2) is 29.2 Å². The molecule has 1 aromatic carbocycles. The van der Waals surface area contributed by atoms with E-state index in [4.69, 9.17) is 5.73 Å². The van der Waals surface area contributed by atoms with Crippen LogP contribution in [0, 0.1) is 5.92 Å². The second-order valence-corrected chi connectivity index (χ2v) is 7.25. The van der Waals surface area contributed by atoms with E-state index in [2.05, 4.69) is 25.5 Å². The SMILES string of the molecule is CCCc1ccc(S(=O)(=O)NCC(N)C(CC)CC)cc1. The van der Waals surface area contributed by atoms with Crippen molar-refractivity contribution in [3.8, 4) is 0 Å². The molecule has 1 unspecified atom stereocenters. The highest BCUT2D eigenvalue weighted by atomic mass is 32.2. The quantitative estimate of drug-likeness (QED) is 0.736. The second kappa shape index (κ2) is 8.51. The minimum Gasteiger partial charge on any atom is -0.326 e. The van der Waals surface area contributed by atoms with Gasteiger partial charge in [-0.2, -0.15) is 0 Å². The predicted octanol–water partition coefficient (Wildman–Crippen LogP) is 2.68. The standard InChI is InChI=1S/C16H28N2O2S/c1-4-7-13-8-10-15(11-9-13)21(19,20)18-12-16(17)14(5-2)6-3/h8-11,14,16,18H,4-7,12,17H2,1-3H3. The fraction of sp³-hybridized carbons (Fsp3) is 0.625. The molecule has 21 heavy (non-hydrogen) atoms. The van der Waals surface area contributed by atoms with E-state index >= 15 is 0 Å². The van der Waals surface area contributed by atoms with Crippen molar-refractivity contribution in [1.29, 1.82) is 0 Å². The molecule has 1 aromatic rings. The maximum atomic E-state index is 12.2. The zero-order chi connectivity index (χ0) is 15.9. The number of benzene rings is 1. The molecule has 120 valence electrons. The maximum absolute atomic E-state index is 12.2. The minimum absolute atomic E-state index is 0.144. The van der Waals surface area contributed by atoms with Gasteiger partial charge >= 0.3 is 0 Å². The molecule has 0 saturated heterocycles. The van der Waals surface area contributed by atoms with E-state index in [-0.39, 0.29) is 12.6 Å². The smallest absolute Gasteiger partial charge is 0.240 e. The first-order valence-electron chi connectivity index (χ1n) is 7.78. The van der Waals surface area contributed by atoms with Crippen molar-refractivity contribution in [2.24, 2.45) is 11.7 Å². The normalized spacial score (nSPS) is 13.6. The van der Waals surface area contributed by atoms with Crippen LogP contribution in [0.3, 0.4) is 0 Å². The summed E-state index contributed by atoms with van der Waals surface area (Å²) in [5.74, 6) is 0.347. The van der Waals surface area contributed by atoms with Crippen molar-refractivity contribution < 1.29 is 8.42 Å². The Morgan fingerprint density at radius 3 is 2.14 bits per heavy atom. The third-order valence-electron chi connectivity index (χ3n) is 3.94. The number of aryl methyl sites for hydroxylation is 1. The Morgan fingerprint density at radius 2 is 1.67 bits per heavy atom. The Morgan fingerprint density at radius 1 is 1.10 bits per heavy atom. The van der Waals surface area contributed by atoms with Crippen molar-refractivity contribution in [1.82, 2.24) is 4.72 Å². The van der Waals surface area contributed by atoms with Crippen LogP contribution in [0.5, 0.6) is 0 Å². The minimum atomic E-state index is -3.47. The summed E-state index contributed by atoms with van der Waals surface area (Å²) in [6.45, 7) is 6.54. The van der Waals surface area contributed by atoms with Crippen LogP contribution in [0.25, 0.3) is 0 Å². The fourth-order valence-electron chi connectivity index (χ4n) is 2.47. The summed E-state index contributed by atoms with van der Waals surface area (Å²) in [6.07, 6.45) is 3.94. The Balaban J connectivity index is 2.68. The number of hydrogen-bond donors (Lipinski definition) is 2. The summed E-state index contributed by atoms with van der Waals surface area (Å²) in [5.41, 5.74) is 7.22. The van der Waals surface area contributed by atoms with Crippen LogP contribution in [0.2, 0.25) is 0 Å². The van der Waals surface area contributed by atoms with Gasteiger partial charge in [0.2, 0.25) is 10.0 Å². The molecule has 0 aliphatic heterocycles. The van der Waals surface area contributed by atoms with Crippen molar-refractivity contribution in [2.45, 2.75) is 57.4 Å². The molecule has 0 saturated carbocycles. The third kappa shape index (κ3) is 5.41. The number of nitrogens with two attached hydrogens (primary N) is 1. The van der Waals surface area contributed by atoms with Gasteiger partial charge in [-0.15, -0.1) is 0 Å². The van der Waals surface area contributed by atoms with Crippen LogP contribution >= 0.6 is 0 Å². The third-order valence-corrected chi connectivity index (χ3v) is 5.38. The number of rotatable bonds is 9. The molecule has 0 aliphatic carbocycles. The van der Waals surface area contributed by atoms with Crippen molar-refractivity contribution >= 4 is 10.0 Å². The van der Waals surface area contributed by atoms with E-state index in [0.29, 0.717) is 10.8 Å². The molecular formula is C16H28N2O2S. The summed E-state index contributed by atoms with van der Waals surface area (Å²) < 4.78 is 27.1. The zero-order valence-electron chi connectivity index (χ0n) is 13.3. The van der Waals surface area contributed by atoms with Crippen LogP contribution in [0.4, 0.5) is 0 Å². The average Bonchev–Trinajstić information content (AvgIpc) is 2.47. The second-order valence-electron chi connectivity index (χ2n) is 5.49. The molecule has 1 rings (SSSR count). The topological polar surface area (TPSA) is 72.2 Å². The van der Waals surface area contributed by atoms with Gasteiger partial charge in [-0.3, -0.25) is 0 Å². The summed E-state index contributed by atoms with van der Waals surface area (Å²) >= 11 is 0. The molecule has 0 bridgehead atoms. The van der Waals surface area contributed by atoms with E-state index in [9.17, 15) is 8.42 Å². The van der Waals surface area contributed by atoms with Crippen LogP contribution in [-0.4, -0.2) is 21.0 Å². The average molecular weight is 312 g/mol. The molecule has 4 nitrogen and oxygen atoms in total. The van der Waals surface area contributed by atoms with Gasteiger partial charge in [-0.05, 0) is 30.0 Å². The highest BCUT2D eigenvalue weighted by molar-refractivity contribution is 7.89. The van der Waals surface area contributed by atoms with Crippen molar-refractivity contribution in [2.75, 3.05) is 6.54 Å². The lowest BCUT2D eigenvalue weighted by Gasteiger charge is -2.21. The highest BCUT2D eigenvalue weighted by Gasteiger charge is 2.19. The molecule has 0 radical (unpaired) electrons. The van der Waals surface area contributed by atoms with Crippen molar-refractivity contribution in [3.63, 3.8) is 0 Å². The first-order valence-corrected chi connectivity index (χ1v) is 9.27. The largest absolute Gasteiger partial charge is 0.326 e. The molecular weight excluding hydrogens is 284 g/mol. The van der Waals surface area contributed by atoms with E-state index < -0.39 is 10.0 Å². The summed E-state index contributed by atoms with van der Waals surface area (Å²) in [4.78, 5) is 0.305. The number of sulfonamides is 1. The lowest BCUT2D eigenvalue weighted by Crippen LogP contribution is -2.41. The number of nitrogens with one attached hydrogen (secondary N) is 1. The molecule has 0 spiro atoms. The van der Waals surface area contributed by atoms with E-state index in [0.717, 1.165) is 31.2 Å². The molecule has 0 aromatic heterocycles. The Hall–Kier alpha value is -0.910. The van der Waals surface area contributed by atoms with Crippen LogP contribution < -0.4 is 10.5 Å². The first kappa shape index (κ1) is 18.1. The monoisotopic (exact) mass is 312 g/mol. The fourth-order valence-corrected chi connectivity index (χ4v) is 3.55. The van der Waals surface area contributed by atoms with Gasteiger partial charge in [0.25, 0.3) is 0 Å².